The van der Waals surface area contributed by atoms with E-state index in [-0.39, 0.29) is 11.3 Å². The molecule has 1 aliphatic rings. The number of para-hydroxylation sites is 1. The summed E-state index contributed by atoms with van der Waals surface area (Å²) in [6.07, 6.45) is 2.29. The van der Waals surface area contributed by atoms with Gasteiger partial charge in [-0.15, -0.1) is 0 Å². The number of hydrogen-bond acceptors (Lipinski definition) is 2. The standard InChI is InChI=1S/C19H19NO2/c1-3-19(17-9-8-13(2)22-17)11-10-18(21)20-15-7-5-4-6-14(15)12-16(19)20/h4-9,12H,3,10-11H2,1-2H3. The van der Waals surface area contributed by atoms with Crippen LogP contribution in [0.4, 0.5) is 0 Å². The Morgan fingerprint density at radius 2 is 2.05 bits per heavy atom. The van der Waals surface area contributed by atoms with E-state index in [4.69, 9.17) is 4.42 Å². The van der Waals surface area contributed by atoms with Crippen molar-refractivity contribution in [1.82, 2.24) is 4.57 Å². The number of benzene rings is 1. The van der Waals surface area contributed by atoms with Crippen molar-refractivity contribution >= 4 is 16.8 Å². The predicted molar refractivity (Wildman–Crippen MR) is 86.3 cm³/mol. The molecule has 2 aromatic heterocycles. The third-order valence-corrected chi connectivity index (χ3v) is 5.03. The van der Waals surface area contributed by atoms with Gasteiger partial charge in [0, 0.05) is 17.5 Å². The van der Waals surface area contributed by atoms with Crippen LogP contribution in [0, 0.1) is 6.92 Å². The monoisotopic (exact) mass is 293 g/mol. The van der Waals surface area contributed by atoms with Gasteiger partial charge in [-0.2, -0.15) is 0 Å². The Balaban J connectivity index is 2.04. The molecule has 1 unspecified atom stereocenters. The number of hydrogen-bond donors (Lipinski definition) is 0. The van der Waals surface area contributed by atoms with Crippen LogP contribution in [0.3, 0.4) is 0 Å². The van der Waals surface area contributed by atoms with E-state index in [1.54, 1.807) is 0 Å². The van der Waals surface area contributed by atoms with Crippen LogP contribution in [0.5, 0.6) is 0 Å². The summed E-state index contributed by atoms with van der Waals surface area (Å²) in [6.45, 7) is 4.14. The van der Waals surface area contributed by atoms with Crippen LogP contribution < -0.4 is 0 Å². The topological polar surface area (TPSA) is 35.1 Å². The second-order valence-electron chi connectivity index (χ2n) is 6.16. The van der Waals surface area contributed by atoms with E-state index in [0.29, 0.717) is 6.42 Å². The molecule has 0 bridgehead atoms. The summed E-state index contributed by atoms with van der Waals surface area (Å²) in [5, 5.41) is 1.12. The van der Waals surface area contributed by atoms with Crippen molar-refractivity contribution in [3.05, 3.63) is 59.7 Å². The van der Waals surface area contributed by atoms with E-state index in [1.807, 2.05) is 35.8 Å². The van der Waals surface area contributed by atoms with Crippen molar-refractivity contribution in [3.8, 4) is 0 Å². The zero-order valence-electron chi connectivity index (χ0n) is 12.9. The number of carbonyl (C=O) groups excluding carboxylic acids is 1. The molecule has 112 valence electrons. The summed E-state index contributed by atoms with van der Waals surface area (Å²) in [7, 11) is 0. The number of aromatic nitrogens is 1. The first-order chi connectivity index (χ1) is 10.7. The quantitative estimate of drug-likeness (QED) is 0.688. The van der Waals surface area contributed by atoms with Gasteiger partial charge in [0.25, 0.3) is 0 Å². The minimum atomic E-state index is -0.207. The molecule has 3 heterocycles. The number of nitrogens with zero attached hydrogens (tertiary/aromatic N) is 1. The van der Waals surface area contributed by atoms with Crippen molar-refractivity contribution in [2.45, 2.75) is 38.5 Å². The van der Waals surface area contributed by atoms with Gasteiger partial charge in [0.15, 0.2) is 0 Å². The summed E-state index contributed by atoms with van der Waals surface area (Å²) in [6, 6.07) is 14.3. The molecule has 0 saturated heterocycles. The summed E-state index contributed by atoms with van der Waals surface area (Å²) in [4.78, 5) is 12.5. The average Bonchev–Trinajstić information content (AvgIpc) is 3.13. The van der Waals surface area contributed by atoms with Crippen LogP contribution >= 0.6 is 0 Å². The largest absolute Gasteiger partial charge is 0.465 e. The van der Waals surface area contributed by atoms with Crippen molar-refractivity contribution < 1.29 is 9.21 Å². The van der Waals surface area contributed by atoms with Gasteiger partial charge >= 0.3 is 0 Å². The second-order valence-corrected chi connectivity index (χ2v) is 6.16. The van der Waals surface area contributed by atoms with Gasteiger partial charge < -0.3 is 4.42 Å². The minimum absolute atomic E-state index is 0.184. The fourth-order valence-corrected chi connectivity index (χ4v) is 3.81. The van der Waals surface area contributed by atoms with Crippen molar-refractivity contribution in [2.24, 2.45) is 0 Å². The van der Waals surface area contributed by atoms with Crippen LogP contribution in [-0.4, -0.2) is 10.5 Å². The lowest BCUT2D eigenvalue weighted by Gasteiger charge is -2.35. The lowest BCUT2D eigenvalue weighted by Crippen LogP contribution is -2.36. The summed E-state index contributed by atoms with van der Waals surface area (Å²) in [5.74, 6) is 2.08. The molecule has 0 saturated carbocycles. The molecule has 3 nitrogen and oxygen atoms in total. The van der Waals surface area contributed by atoms with Crippen molar-refractivity contribution in [1.29, 1.82) is 0 Å². The van der Waals surface area contributed by atoms with Crippen LogP contribution in [0.15, 0.2) is 46.9 Å². The molecule has 0 aliphatic carbocycles. The molecule has 0 N–H and O–H groups in total. The first kappa shape index (κ1) is 13.4. The van der Waals surface area contributed by atoms with Crippen LogP contribution in [0.2, 0.25) is 0 Å². The van der Waals surface area contributed by atoms with Gasteiger partial charge in [0.2, 0.25) is 5.91 Å². The van der Waals surface area contributed by atoms with Gasteiger partial charge in [0.05, 0.1) is 10.9 Å². The SMILES string of the molecule is CCC1(c2ccc(C)o2)CCC(=O)n2c1cc1ccccc12. The molecular formula is C19H19NO2. The highest BCUT2D eigenvalue weighted by Gasteiger charge is 2.43. The highest BCUT2D eigenvalue weighted by Crippen LogP contribution is 2.45. The maximum atomic E-state index is 12.5. The van der Waals surface area contributed by atoms with Gasteiger partial charge in [-0.25, -0.2) is 0 Å². The van der Waals surface area contributed by atoms with E-state index in [0.717, 1.165) is 41.0 Å². The fourth-order valence-electron chi connectivity index (χ4n) is 3.81. The summed E-state index contributed by atoms with van der Waals surface area (Å²) in [5.41, 5.74) is 1.87. The molecule has 0 radical (unpaired) electrons. The smallest absolute Gasteiger partial charge is 0.231 e. The molecule has 0 amide bonds. The Morgan fingerprint density at radius 3 is 2.77 bits per heavy atom. The molecule has 3 heteroatoms. The zero-order valence-corrected chi connectivity index (χ0v) is 12.9. The van der Waals surface area contributed by atoms with Gasteiger partial charge in [0.1, 0.15) is 11.5 Å². The Bertz CT molecular complexity index is 871. The van der Waals surface area contributed by atoms with E-state index < -0.39 is 0 Å². The molecule has 1 aliphatic heterocycles. The third-order valence-electron chi connectivity index (χ3n) is 5.03. The maximum Gasteiger partial charge on any atom is 0.231 e. The Kier molecular flexibility index (Phi) is 2.80. The number of fused-ring (bicyclic) bond motifs is 3. The van der Waals surface area contributed by atoms with E-state index in [9.17, 15) is 4.79 Å². The number of aryl methyl sites for hydroxylation is 1. The Hall–Kier alpha value is -2.29. The first-order valence-corrected chi connectivity index (χ1v) is 7.87. The zero-order chi connectivity index (χ0) is 15.3. The Morgan fingerprint density at radius 1 is 1.23 bits per heavy atom. The van der Waals surface area contributed by atoms with E-state index >= 15 is 0 Å². The van der Waals surface area contributed by atoms with Gasteiger partial charge in [-0.3, -0.25) is 9.36 Å². The van der Waals surface area contributed by atoms with Crippen molar-refractivity contribution in [3.63, 3.8) is 0 Å². The van der Waals surface area contributed by atoms with Gasteiger partial charge in [-0.05, 0) is 44.0 Å². The van der Waals surface area contributed by atoms with E-state index in [1.165, 1.54) is 0 Å². The second kappa shape index (κ2) is 4.60. The first-order valence-electron chi connectivity index (χ1n) is 7.87. The minimum Gasteiger partial charge on any atom is -0.465 e. The molecule has 3 aromatic rings. The molecule has 4 rings (SSSR count). The summed E-state index contributed by atoms with van der Waals surface area (Å²) >= 11 is 0. The Labute approximate surface area is 129 Å². The number of rotatable bonds is 2. The van der Waals surface area contributed by atoms with Gasteiger partial charge in [-0.1, -0.05) is 25.1 Å². The number of furan rings is 1. The lowest BCUT2D eigenvalue weighted by atomic mass is 9.73. The third kappa shape index (κ3) is 1.65. The molecular weight excluding hydrogens is 274 g/mol. The molecule has 0 fully saturated rings. The highest BCUT2D eigenvalue weighted by molar-refractivity contribution is 5.95. The van der Waals surface area contributed by atoms with Crippen LogP contribution in [0.1, 0.15) is 48.2 Å². The van der Waals surface area contributed by atoms with Crippen LogP contribution in [0.25, 0.3) is 10.9 Å². The van der Waals surface area contributed by atoms with Crippen molar-refractivity contribution in [2.75, 3.05) is 0 Å². The fraction of sp³-hybridized carbons (Fsp3) is 0.316. The normalized spacial score (nSPS) is 21.3. The molecule has 1 aromatic carbocycles. The summed E-state index contributed by atoms with van der Waals surface area (Å²) < 4.78 is 7.88. The predicted octanol–water partition coefficient (Wildman–Crippen LogP) is 4.67. The maximum absolute atomic E-state index is 12.5. The van der Waals surface area contributed by atoms with E-state index in [2.05, 4.69) is 25.1 Å². The molecule has 0 spiro atoms. The average molecular weight is 293 g/mol. The molecule has 1 atom stereocenters. The number of carbonyl (C=O) groups is 1. The lowest BCUT2D eigenvalue weighted by molar-refractivity contribution is 0.0859. The highest BCUT2D eigenvalue weighted by atomic mass is 16.3. The molecule has 22 heavy (non-hydrogen) atoms. The van der Waals surface area contributed by atoms with Crippen LogP contribution in [-0.2, 0) is 5.41 Å².